The van der Waals surface area contributed by atoms with E-state index in [0.717, 1.165) is 11.3 Å². The molecule has 1 fully saturated rings. The van der Waals surface area contributed by atoms with Gasteiger partial charge in [0.15, 0.2) is 0 Å². The van der Waals surface area contributed by atoms with Crippen LogP contribution in [-0.4, -0.2) is 49.8 Å². The minimum atomic E-state index is -3.67. The molecular formula is C22H22N4O3S. The van der Waals surface area contributed by atoms with Crippen molar-refractivity contribution < 1.29 is 13.2 Å². The fraction of sp³-hybridized carbons (Fsp3) is 0.182. The number of nitrogens with two attached hydrogens (primary N) is 1. The Morgan fingerprint density at radius 3 is 2.13 bits per heavy atom. The van der Waals surface area contributed by atoms with E-state index in [1.165, 1.54) is 4.31 Å². The van der Waals surface area contributed by atoms with Crippen LogP contribution in [0.25, 0.3) is 11.1 Å². The van der Waals surface area contributed by atoms with Gasteiger partial charge in [0.2, 0.25) is 15.9 Å². The Bertz CT molecular complexity index is 1140. The summed E-state index contributed by atoms with van der Waals surface area (Å²) >= 11 is 0. The van der Waals surface area contributed by atoms with Crippen LogP contribution in [0.3, 0.4) is 0 Å². The summed E-state index contributed by atoms with van der Waals surface area (Å²) in [7, 11) is -3.67. The first kappa shape index (κ1) is 20.1. The number of pyridine rings is 1. The number of aromatic nitrogens is 1. The van der Waals surface area contributed by atoms with Crippen molar-refractivity contribution in [3.63, 3.8) is 0 Å². The Kier molecular flexibility index (Phi) is 5.52. The minimum absolute atomic E-state index is 0.259. The van der Waals surface area contributed by atoms with Crippen molar-refractivity contribution >= 4 is 21.6 Å². The molecule has 0 atom stereocenters. The molecular weight excluding hydrogens is 400 g/mol. The number of nitrogens with zero attached hydrogens (tertiary/aromatic N) is 3. The summed E-state index contributed by atoms with van der Waals surface area (Å²) in [6.45, 7) is 2.02. The highest BCUT2D eigenvalue weighted by Gasteiger charge is 2.30. The number of hydrogen-bond donors (Lipinski definition) is 1. The van der Waals surface area contributed by atoms with Crippen molar-refractivity contribution in [2.24, 2.45) is 5.73 Å². The maximum absolute atomic E-state index is 13.4. The minimum Gasteiger partial charge on any atom is -0.369 e. The highest BCUT2D eigenvalue weighted by atomic mass is 32.2. The second kappa shape index (κ2) is 8.25. The zero-order valence-electron chi connectivity index (χ0n) is 16.3. The van der Waals surface area contributed by atoms with Crippen molar-refractivity contribution in [2.75, 3.05) is 31.1 Å². The third-order valence-electron chi connectivity index (χ3n) is 5.25. The molecule has 2 N–H and O–H groups in total. The number of primary amides is 1. The summed E-state index contributed by atoms with van der Waals surface area (Å²) < 4.78 is 28.4. The summed E-state index contributed by atoms with van der Waals surface area (Å²) in [5.74, 6) is -0.519. The summed E-state index contributed by atoms with van der Waals surface area (Å²) in [6, 6.07) is 17.4. The molecule has 4 rings (SSSR count). The number of benzene rings is 2. The third-order valence-corrected chi connectivity index (χ3v) is 7.21. The Morgan fingerprint density at radius 1 is 0.867 bits per heavy atom. The van der Waals surface area contributed by atoms with Crippen LogP contribution in [0.4, 0.5) is 5.69 Å². The van der Waals surface area contributed by atoms with E-state index in [4.69, 9.17) is 5.73 Å². The number of anilines is 1. The summed E-state index contributed by atoms with van der Waals surface area (Å²) in [6.07, 6.45) is 3.47. The molecule has 0 saturated carbocycles. The lowest BCUT2D eigenvalue weighted by atomic mass is 10.0. The number of rotatable bonds is 5. The lowest BCUT2D eigenvalue weighted by Gasteiger charge is -2.35. The molecule has 0 radical (unpaired) electrons. The molecule has 1 aliphatic heterocycles. The Balaban J connectivity index is 1.59. The van der Waals surface area contributed by atoms with E-state index in [1.807, 2.05) is 12.1 Å². The van der Waals surface area contributed by atoms with Gasteiger partial charge in [0, 0.05) is 55.4 Å². The lowest BCUT2D eigenvalue weighted by Crippen LogP contribution is -2.48. The molecule has 8 heteroatoms. The highest BCUT2D eigenvalue weighted by molar-refractivity contribution is 7.89. The van der Waals surface area contributed by atoms with Crippen molar-refractivity contribution in [3.8, 4) is 11.1 Å². The maximum atomic E-state index is 13.4. The largest absolute Gasteiger partial charge is 0.369 e. The van der Waals surface area contributed by atoms with E-state index in [9.17, 15) is 13.2 Å². The molecule has 1 amide bonds. The standard InChI is InChI=1S/C22H22N4O3S/c23-22(27)18-7-5-17(6-8-18)20-3-1-2-4-21(20)30(28,29)26-15-13-25(14-16-26)19-9-11-24-12-10-19/h1-12H,13-16H2,(H2,23,27). The molecule has 0 bridgehead atoms. The topological polar surface area (TPSA) is 96.6 Å². The van der Waals surface area contributed by atoms with Crippen LogP contribution in [0.2, 0.25) is 0 Å². The van der Waals surface area contributed by atoms with Gasteiger partial charge in [-0.1, -0.05) is 30.3 Å². The van der Waals surface area contributed by atoms with Crippen LogP contribution in [0.1, 0.15) is 10.4 Å². The fourth-order valence-corrected chi connectivity index (χ4v) is 5.26. The second-order valence-corrected chi connectivity index (χ2v) is 8.94. The maximum Gasteiger partial charge on any atom is 0.248 e. The van der Waals surface area contributed by atoms with Gasteiger partial charge in [-0.3, -0.25) is 9.78 Å². The highest BCUT2D eigenvalue weighted by Crippen LogP contribution is 2.30. The molecule has 2 heterocycles. The SMILES string of the molecule is NC(=O)c1ccc(-c2ccccc2S(=O)(=O)N2CCN(c3ccncc3)CC2)cc1. The Hall–Kier alpha value is -3.23. The first-order chi connectivity index (χ1) is 14.5. The van der Waals surface area contributed by atoms with E-state index >= 15 is 0 Å². The van der Waals surface area contributed by atoms with Crippen molar-refractivity contribution in [3.05, 3.63) is 78.6 Å². The van der Waals surface area contributed by atoms with Crippen LogP contribution >= 0.6 is 0 Å². The molecule has 0 aliphatic carbocycles. The van der Waals surface area contributed by atoms with Crippen LogP contribution in [0.5, 0.6) is 0 Å². The van der Waals surface area contributed by atoms with Gasteiger partial charge in [-0.05, 0) is 35.9 Å². The van der Waals surface area contributed by atoms with E-state index in [1.54, 1.807) is 60.9 Å². The molecule has 7 nitrogen and oxygen atoms in total. The molecule has 0 unspecified atom stereocenters. The number of piperazine rings is 1. The predicted molar refractivity (Wildman–Crippen MR) is 116 cm³/mol. The second-order valence-electron chi connectivity index (χ2n) is 7.03. The number of carbonyl (C=O) groups is 1. The Labute approximate surface area is 175 Å². The quantitative estimate of drug-likeness (QED) is 0.681. The molecule has 3 aromatic rings. The number of hydrogen-bond acceptors (Lipinski definition) is 5. The first-order valence-electron chi connectivity index (χ1n) is 9.61. The van der Waals surface area contributed by atoms with Gasteiger partial charge in [-0.25, -0.2) is 8.42 Å². The summed E-state index contributed by atoms with van der Waals surface area (Å²) in [4.78, 5) is 17.8. The average Bonchev–Trinajstić information content (AvgIpc) is 2.80. The van der Waals surface area contributed by atoms with Crippen LogP contribution in [-0.2, 0) is 10.0 Å². The molecule has 30 heavy (non-hydrogen) atoms. The summed E-state index contributed by atoms with van der Waals surface area (Å²) in [5, 5.41) is 0. The van der Waals surface area contributed by atoms with E-state index < -0.39 is 15.9 Å². The Morgan fingerprint density at radius 2 is 1.50 bits per heavy atom. The van der Waals surface area contributed by atoms with Gasteiger partial charge < -0.3 is 10.6 Å². The molecule has 154 valence electrons. The van der Waals surface area contributed by atoms with Crippen molar-refractivity contribution in [1.29, 1.82) is 0 Å². The predicted octanol–water partition coefficient (Wildman–Crippen LogP) is 2.36. The lowest BCUT2D eigenvalue weighted by molar-refractivity contribution is 0.100. The number of sulfonamides is 1. The van der Waals surface area contributed by atoms with E-state index in [2.05, 4.69) is 9.88 Å². The van der Waals surface area contributed by atoms with Crippen molar-refractivity contribution in [2.45, 2.75) is 4.90 Å². The molecule has 2 aromatic carbocycles. The van der Waals surface area contributed by atoms with Gasteiger partial charge in [-0.2, -0.15) is 4.31 Å². The first-order valence-corrected chi connectivity index (χ1v) is 11.1. The third kappa shape index (κ3) is 3.92. The van der Waals surface area contributed by atoms with Crippen molar-refractivity contribution in [1.82, 2.24) is 9.29 Å². The average molecular weight is 423 g/mol. The fourth-order valence-electron chi connectivity index (χ4n) is 3.62. The number of amides is 1. The summed E-state index contributed by atoms with van der Waals surface area (Å²) in [5.41, 5.74) is 8.04. The molecule has 1 aliphatic rings. The zero-order valence-corrected chi connectivity index (χ0v) is 17.1. The van der Waals surface area contributed by atoms with Crippen LogP contribution in [0, 0.1) is 0 Å². The van der Waals surface area contributed by atoms with E-state index in [-0.39, 0.29) is 4.90 Å². The smallest absolute Gasteiger partial charge is 0.248 e. The zero-order chi connectivity index (χ0) is 21.1. The molecule has 1 aromatic heterocycles. The molecule has 1 saturated heterocycles. The van der Waals surface area contributed by atoms with E-state index in [0.29, 0.717) is 37.3 Å². The van der Waals surface area contributed by atoms with Gasteiger partial charge in [0.05, 0.1) is 4.90 Å². The van der Waals surface area contributed by atoms with Crippen LogP contribution < -0.4 is 10.6 Å². The monoisotopic (exact) mass is 422 g/mol. The molecule has 0 spiro atoms. The van der Waals surface area contributed by atoms with Gasteiger partial charge in [0.1, 0.15) is 0 Å². The van der Waals surface area contributed by atoms with Gasteiger partial charge >= 0.3 is 0 Å². The van der Waals surface area contributed by atoms with Gasteiger partial charge in [-0.15, -0.1) is 0 Å². The van der Waals surface area contributed by atoms with Crippen LogP contribution in [0.15, 0.2) is 78.0 Å². The normalized spacial score (nSPS) is 15.1. The number of carbonyl (C=O) groups excluding carboxylic acids is 1. The van der Waals surface area contributed by atoms with Gasteiger partial charge in [0.25, 0.3) is 0 Å².